The van der Waals surface area contributed by atoms with Crippen LogP contribution in [0.25, 0.3) is 0 Å². The molecule has 2 unspecified atom stereocenters. The Morgan fingerprint density at radius 3 is 3.00 bits per heavy atom. The number of ether oxygens (including phenoxy) is 1. The molecular formula is C13H19ClN4O2. The molecule has 2 atom stereocenters. The number of nitrogens with one attached hydrogen (secondary N) is 2. The van der Waals surface area contributed by atoms with Gasteiger partial charge in [0.15, 0.2) is 0 Å². The van der Waals surface area contributed by atoms with Gasteiger partial charge in [-0.1, -0.05) is 18.5 Å². The topological polar surface area (TPSA) is 76.1 Å². The SMILES string of the molecule is CCCNC1COCC1C(=O)Nc1nc(C)cc(Cl)n1. The normalized spacial score (nSPS) is 21.9. The van der Waals surface area contributed by atoms with Crippen LogP contribution in [0.2, 0.25) is 5.15 Å². The Balaban J connectivity index is 1.99. The number of nitrogens with zero attached hydrogens (tertiary/aromatic N) is 2. The summed E-state index contributed by atoms with van der Waals surface area (Å²) >= 11 is 5.85. The van der Waals surface area contributed by atoms with Gasteiger partial charge >= 0.3 is 0 Å². The fraction of sp³-hybridized carbons (Fsp3) is 0.615. The van der Waals surface area contributed by atoms with E-state index >= 15 is 0 Å². The van der Waals surface area contributed by atoms with Crippen molar-refractivity contribution in [1.82, 2.24) is 15.3 Å². The Morgan fingerprint density at radius 1 is 1.50 bits per heavy atom. The summed E-state index contributed by atoms with van der Waals surface area (Å²) < 4.78 is 5.38. The summed E-state index contributed by atoms with van der Waals surface area (Å²) in [5.74, 6) is -0.136. The lowest BCUT2D eigenvalue weighted by Gasteiger charge is -2.17. The summed E-state index contributed by atoms with van der Waals surface area (Å²) in [7, 11) is 0. The highest BCUT2D eigenvalue weighted by Crippen LogP contribution is 2.17. The number of hydrogen-bond acceptors (Lipinski definition) is 5. The van der Waals surface area contributed by atoms with Gasteiger partial charge < -0.3 is 10.1 Å². The molecule has 0 aromatic carbocycles. The molecule has 0 bridgehead atoms. The molecule has 2 N–H and O–H groups in total. The first-order chi connectivity index (χ1) is 9.60. The third-order valence-electron chi connectivity index (χ3n) is 3.13. The molecule has 0 spiro atoms. The average molecular weight is 299 g/mol. The second-order valence-electron chi connectivity index (χ2n) is 4.85. The highest BCUT2D eigenvalue weighted by molar-refractivity contribution is 6.29. The molecule has 2 rings (SSSR count). The minimum absolute atomic E-state index is 0.0373. The van der Waals surface area contributed by atoms with Crippen LogP contribution in [0, 0.1) is 12.8 Å². The molecule has 2 heterocycles. The van der Waals surface area contributed by atoms with E-state index < -0.39 is 0 Å². The van der Waals surface area contributed by atoms with E-state index in [4.69, 9.17) is 16.3 Å². The van der Waals surface area contributed by atoms with Gasteiger partial charge in [-0.2, -0.15) is 0 Å². The lowest BCUT2D eigenvalue weighted by Crippen LogP contribution is -2.42. The largest absolute Gasteiger partial charge is 0.379 e. The molecule has 1 amide bonds. The van der Waals surface area contributed by atoms with Crippen LogP contribution in [0.4, 0.5) is 5.95 Å². The second-order valence-corrected chi connectivity index (χ2v) is 5.24. The van der Waals surface area contributed by atoms with Gasteiger partial charge in [-0.3, -0.25) is 10.1 Å². The van der Waals surface area contributed by atoms with Crippen molar-refractivity contribution >= 4 is 23.5 Å². The molecular weight excluding hydrogens is 280 g/mol. The van der Waals surface area contributed by atoms with Crippen LogP contribution in [0.3, 0.4) is 0 Å². The van der Waals surface area contributed by atoms with Crippen LogP contribution in [-0.4, -0.2) is 41.7 Å². The molecule has 0 saturated carbocycles. The average Bonchev–Trinajstić information content (AvgIpc) is 2.83. The molecule has 1 aromatic heterocycles. The summed E-state index contributed by atoms with van der Waals surface area (Å²) in [5, 5.41) is 6.34. The zero-order valence-corrected chi connectivity index (χ0v) is 12.4. The lowest BCUT2D eigenvalue weighted by atomic mass is 10.0. The van der Waals surface area contributed by atoms with Crippen LogP contribution in [0.15, 0.2) is 6.07 Å². The molecule has 1 saturated heterocycles. The van der Waals surface area contributed by atoms with E-state index in [1.807, 2.05) is 0 Å². The molecule has 0 radical (unpaired) electrons. The van der Waals surface area contributed by atoms with Crippen LogP contribution < -0.4 is 10.6 Å². The van der Waals surface area contributed by atoms with Crippen molar-refractivity contribution in [3.63, 3.8) is 0 Å². The first-order valence-electron chi connectivity index (χ1n) is 6.73. The minimum Gasteiger partial charge on any atom is -0.379 e. The van der Waals surface area contributed by atoms with E-state index in [9.17, 15) is 4.79 Å². The predicted octanol–water partition coefficient (Wildman–Crippen LogP) is 1.39. The minimum atomic E-state index is -0.232. The van der Waals surface area contributed by atoms with Crippen molar-refractivity contribution in [3.8, 4) is 0 Å². The zero-order chi connectivity index (χ0) is 14.5. The Bertz CT molecular complexity index is 463. The summed E-state index contributed by atoms with van der Waals surface area (Å²) in [5.41, 5.74) is 0.712. The maximum absolute atomic E-state index is 12.3. The number of anilines is 1. The second kappa shape index (κ2) is 6.97. The molecule has 1 aromatic rings. The van der Waals surface area contributed by atoms with Crippen molar-refractivity contribution in [3.05, 3.63) is 16.9 Å². The molecule has 1 fully saturated rings. The maximum Gasteiger partial charge on any atom is 0.233 e. The smallest absolute Gasteiger partial charge is 0.233 e. The molecule has 0 aliphatic carbocycles. The molecule has 6 nitrogen and oxygen atoms in total. The van der Waals surface area contributed by atoms with Crippen LogP contribution in [0.1, 0.15) is 19.0 Å². The highest BCUT2D eigenvalue weighted by atomic mass is 35.5. The fourth-order valence-corrected chi connectivity index (χ4v) is 2.37. The molecule has 110 valence electrons. The van der Waals surface area contributed by atoms with Crippen LogP contribution >= 0.6 is 11.6 Å². The van der Waals surface area contributed by atoms with Gasteiger partial charge in [-0.05, 0) is 26.0 Å². The molecule has 1 aliphatic rings. The monoisotopic (exact) mass is 298 g/mol. The van der Waals surface area contributed by atoms with E-state index in [1.54, 1.807) is 13.0 Å². The van der Waals surface area contributed by atoms with Gasteiger partial charge in [0.2, 0.25) is 11.9 Å². The van der Waals surface area contributed by atoms with Gasteiger partial charge in [-0.15, -0.1) is 0 Å². The van der Waals surface area contributed by atoms with Crippen molar-refractivity contribution in [2.75, 3.05) is 25.1 Å². The Morgan fingerprint density at radius 2 is 2.30 bits per heavy atom. The third-order valence-corrected chi connectivity index (χ3v) is 3.33. The number of carbonyl (C=O) groups is 1. The molecule has 7 heteroatoms. The predicted molar refractivity (Wildman–Crippen MR) is 76.8 cm³/mol. The van der Waals surface area contributed by atoms with E-state index in [0.717, 1.165) is 13.0 Å². The standard InChI is InChI=1S/C13H19ClN4O2/c1-3-4-15-10-7-20-6-9(10)12(19)18-13-16-8(2)5-11(14)17-13/h5,9-10,15H,3-4,6-7H2,1-2H3,(H,16,17,18,19). The Labute approximate surface area is 123 Å². The first-order valence-corrected chi connectivity index (χ1v) is 7.11. The van der Waals surface area contributed by atoms with Gasteiger partial charge in [-0.25, -0.2) is 9.97 Å². The van der Waals surface area contributed by atoms with E-state index in [0.29, 0.717) is 24.1 Å². The summed E-state index contributed by atoms with van der Waals surface area (Å²) in [6.07, 6.45) is 1.02. The van der Waals surface area contributed by atoms with Crippen LogP contribution in [0.5, 0.6) is 0 Å². The third kappa shape index (κ3) is 3.88. The maximum atomic E-state index is 12.3. The zero-order valence-electron chi connectivity index (χ0n) is 11.6. The number of aryl methyl sites for hydroxylation is 1. The number of rotatable bonds is 5. The van der Waals surface area contributed by atoms with E-state index in [2.05, 4.69) is 27.5 Å². The lowest BCUT2D eigenvalue weighted by molar-refractivity contribution is -0.120. The van der Waals surface area contributed by atoms with E-state index in [-0.39, 0.29) is 23.8 Å². The molecule has 1 aliphatic heterocycles. The van der Waals surface area contributed by atoms with Gasteiger partial charge in [0.25, 0.3) is 0 Å². The molecule has 20 heavy (non-hydrogen) atoms. The summed E-state index contributed by atoms with van der Waals surface area (Å²) in [6.45, 7) is 5.71. The summed E-state index contributed by atoms with van der Waals surface area (Å²) in [4.78, 5) is 20.4. The van der Waals surface area contributed by atoms with Crippen molar-refractivity contribution in [2.24, 2.45) is 5.92 Å². The van der Waals surface area contributed by atoms with Gasteiger partial charge in [0, 0.05) is 11.7 Å². The summed E-state index contributed by atoms with van der Waals surface area (Å²) in [6, 6.07) is 1.68. The number of amides is 1. The van der Waals surface area contributed by atoms with Crippen molar-refractivity contribution < 1.29 is 9.53 Å². The highest BCUT2D eigenvalue weighted by Gasteiger charge is 2.33. The first kappa shape index (κ1) is 15.2. The quantitative estimate of drug-likeness (QED) is 0.804. The van der Waals surface area contributed by atoms with Gasteiger partial charge in [0.05, 0.1) is 19.1 Å². The van der Waals surface area contributed by atoms with Crippen molar-refractivity contribution in [2.45, 2.75) is 26.3 Å². The number of carbonyl (C=O) groups excluding carboxylic acids is 1. The fourth-order valence-electron chi connectivity index (χ4n) is 2.13. The number of halogens is 1. The van der Waals surface area contributed by atoms with Crippen molar-refractivity contribution in [1.29, 1.82) is 0 Å². The van der Waals surface area contributed by atoms with E-state index in [1.165, 1.54) is 0 Å². The Kier molecular flexibility index (Phi) is 5.28. The Hall–Kier alpha value is -1.24. The number of aromatic nitrogens is 2. The van der Waals surface area contributed by atoms with Gasteiger partial charge in [0.1, 0.15) is 5.15 Å². The number of hydrogen-bond donors (Lipinski definition) is 2. The van der Waals surface area contributed by atoms with Crippen LogP contribution in [-0.2, 0) is 9.53 Å².